The van der Waals surface area contributed by atoms with Gasteiger partial charge in [-0.2, -0.15) is 4.31 Å². The molecular weight excluding hydrogens is 348 g/mol. The lowest BCUT2D eigenvalue weighted by Gasteiger charge is -2.23. The van der Waals surface area contributed by atoms with Crippen LogP contribution < -0.4 is 5.73 Å². The fourth-order valence-electron chi connectivity index (χ4n) is 1.69. The summed E-state index contributed by atoms with van der Waals surface area (Å²) in [6.07, 6.45) is 0.963. The summed E-state index contributed by atoms with van der Waals surface area (Å²) in [4.78, 5) is 1.20. The van der Waals surface area contributed by atoms with E-state index in [1.165, 1.54) is 15.6 Å². The average molecular weight is 369 g/mol. The SMILES string of the molecule is CCC(C)CN(CC)S(=O)(=O)c1cc(CN)sc1Br. The van der Waals surface area contributed by atoms with E-state index in [0.29, 0.717) is 34.2 Å². The van der Waals surface area contributed by atoms with Crippen molar-refractivity contribution in [2.45, 2.75) is 38.6 Å². The molecule has 4 nitrogen and oxygen atoms in total. The summed E-state index contributed by atoms with van der Waals surface area (Å²) < 4.78 is 27.4. The quantitative estimate of drug-likeness (QED) is 0.804. The molecule has 1 atom stereocenters. The van der Waals surface area contributed by atoms with Gasteiger partial charge in [-0.05, 0) is 27.9 Å². The maximum absolute atomic E-state index is 12.6. The minimum Gasteiger partial charge on any atom is -0.326 e. The van der Waals surface area contributed by atoms with Crippen molar-refractivity contribution < 1.29 is 8.42 Å². The fourth-order valence-corrected chi connectivity index (χ4v) is 5.77. The van der Waals surface area contributed by atoms with Gasteiger partial charge in [-0.1, -0.05) is 27.2 Å². The predicted octanol–water partition coefficient (Wildman–Crippen LogP) is 3.03. The zero-order valence-corrected chi connectivity index (χ0v) is 14.7. The van der Waals surface area contributed by atoms with Gasteiger partial charge in [-0.15, -0.1) is 11.3 Å². The van der Waals surface area contributed by atoms with Crippen LogP contribution in [0.2, 0.25) is 0 Å². The largest absolute Gasteiger partial charge is 0.326 e. The number of thiophene rings is 1. The molecule has 0 saturated carbocycles. The molecule has 0 saturated heterocycles. The number of nitrogens with zero attached hydrogens (tertiary/aromatic N) is 1. The van der Waals surface area contributed by atoms with E-state index in [1.807, 2.05) is 6.92 Å². The molecule has 110 valence electrons. The first-order valence-corrected chi connectivity index (χ1v) is 9.40. The molecule has 7 heteroatoms. The summed E-state index contributed by atoms with van der Waals surface area (Å²) in [6, 6.07) is 1.67. The van der Waals surface area contributed by atoms with Gasteiger partial charge < -0.3 is 5.73 Å². The Labute approximate surface area is 128 Å². The number of nitrogens with two attached hydrogens (primary N) is 1. The van der Waals surface area contributed by atoms with Crippen molar-refractivity contribution in [2.75, 3.05) is 13.1 Å². The maximum atomic E-state index is 12.6. The molecule has 0 aliphatic heterocycles. The van der Waals surface area contributed by atoms with Crippen molar-refractivity contribution in [1.29, 1.82) is 0 Å². The summed E-state index contributed by atoms with van der Waals surface area (Å²) in [5, 5.41) is 0. The second-order valence-corrected chi connectivity index (χ2v) is 8.88. The molecule has 0 spiro atoms. The summed E-state index contributed by atoms with van der Waals surface area (Å²) in [7, 11) is -3.43. The zero-order chi connectivity index (χ0) is 14.6. The molecule has 1 aromatic rings. The third kappa shape index (κ3) is 4.01. The Balaban J connectivity index is 3.09. The Morgan fingerprint density at radius 1 is 1.47 bits per heavy atom. The molecule has 0 amide bonds. The molecule has 2 N–H and O–H groups in total. The van der Waals surface area contributed by atoms with Gasteiger partial charge in [0.2, 0.25) is 10.0 Å². The normalized spacial score (nSPS) is 14.0. The van der Waals surface area contributed by atoms with Crippen LogP contribution in [0.15, 0.2) is 14.7 Å². The third-order valence-electron chi connectivity index (χ3n) is 3.09. The van der Waals surface area contributed by atoms with Crippen LogP contribution in [0.1, 0.15) is 32.1 Å². The average Bonchev–Trinajstić information content (AvgIpc) is 2.77. The first-order valence-electron chi connectivity index (χ1n) is 6.35. The van der Waals surface area contributed by atoms with Gasteiger partial charge in [0.1, 0.15) is 4.90 Å². The molecule has 0 aliphatic carbocycles. The van der Waals surface area contributed by atoms with E-state index in [2.05, 4.69) is 29.8 Å². The van der Waals surface area contributed by atoms with Crippen molar-refractivity contribution in [3.63, 3.8) is 0 Å². The molecule has 1 aromatic heterocycles. The first kappa shape index (κ1) is 17.1. The standard InChI is InChI=1S/C12H21BrN2O2S2/c1-4-9(3)8-15(5-2)19(16,17)11-6-10(7-14)18-12(11)13/h6,9H,4-5,7-8,14H2,1-3H3. The Kier molecular flexibility index (Phi) is 6.46. The smallest absolute Gasteiger partial charge is 0.245 e. The topological polar surface area (TPSA) is 63.4 Å². The van der Waals surface area contributed by atoms with Crippen molar-refractivity contribution in [3.8, 4) is 0 Å². The molecular formula is C12H21BrN2O2S2. The lowest BCUT2D eigenvalue weighted by atomic mass is 10.1. The molecule has 0 radical (unpaired) electrons. The maximum Gasteiger partial charge on any atom is 0.245 e. The number of hydrogen-bond donors (Lipinski definition) is 1. The third-order valence-corrected chi connectivity index (χ3v) is 7.31. The van der Waals surface area contributed by atoms with E-state index in [0.717, 1.165) is 11.3 Å². The fraction of sp³-hybridized carbons (Fsp3) is 0.667. The summed E-state index contributed by atoms with van der Waals surface area (Å²) in [5.74, 6) is 0.348. The predicted molar refractivity (Wildman–Crippen MR) is 83.8 cm³/mol. The summed E-state index contributed by atoms with van der Waals surface area (Å²) >= 11 is 4.71. The molecule has 0 aromatic carbocycles. The highest BCUT2D eigenvalue weighted by Crippen LogP contribution is 2.33. The van der Waals surface area contributed by atoms with Crippen LogP contribution in [0.5, 0.6) is 0 Å². The van der Waals surface area contributed by atoms with Gasteiger partial charge in [0.15, 0.2) is 0 Å². The van der Waals surface area contributed by atoms with E-state index in [4.69, 9.17) is 5.73 Å². The minimum absolute atomic E-state index is 0.336. The Morgan fingerprint density at radius 3 is 2.53 bits per heavy atom. The molecule has 0 bridgehead atoms. The summed E-state index contributed by atoms with van der Waals surface area (Å²) in [5.41, 5.74) is 5.57. The van der Waals surface area contributed by atoms with Crippen LogP contribution in [-0.4, -0.2) is 25.8 Å². The van der Waals surface area contributed by atoms with Gasteiger partial charge in [0.25, 0.3) is 0 Å². The molecule has 0 fully saturated rings. The van der Waals surface area contributed by atoms with Crippen LogP contribution >= 0.6 is 27.3 Å². The number of halogens is 1. The van der Waals surface area contributed by atoms with E-state index >= 15 is 0 Å². The van der Waals surface area contributed by atoms with Crippen LogP contribution in [0, 0.1) is 5.92 Å². The van der Waals surface area contributed by atoms with Crippen LogP contribution in [0.3, 0.4) is 0 Å². The van der Waals surface area contributed by atoms with Crippen molar-refractivity contribution in [1.82, 2.24) is 4.31 Å². The van der Waals surface area contributed by atoms with Gasteiger partial charge in [-0.25, -0.2) is 8.42 Å². The molecule has 1 unspecified atom stereocenters. The summed E-state index contributed by atoms with van der Waals surface area (Å²) in [6.45, 7) is 7.38. The highest BCUT2D eigenvalue weighted by molar-refractivity contribution is 9.11. The minimum atomic E-state index is -3.43. The Morgan fingerprint density at radius 2 is 2.11 bits per heavy atom. The van der Waals surface area contributed by atoms with Gasteiger partial charge in [0, 0.05) is 24.5 Å². The van der Waals surface area contributed by atoms with Crippen LogP contribution in [0.4, 0.5) is 0 Å². The molecule has 19 heavy (non-hydrogen) atoms. The lowest BCUT2D eigenvalue weighted by Crippen LogP contribution is -2.34. The first-order chi connectivity index (χ1) is 8.86. The van der Waals surface area contributed by atoms with E-state index in [-0.39, 0.29) is 0 Å². The second kappa shape index (κ2) is 7.17. The van der Waals surface area contributed by atoms with Crippen LogP contribution in [-0.2, 0) is 16.6 Å². The highest BCUT2D eigenvalue weighted by Gasteiger charge is 2.28. The van der Waals surface area contributed by atoms with Gasteiger partial charge >= 0.3 is 0 Å². The molecule has 0 aliphatic rings. The highest BCUT2D eigenvalue weighted by atomic mass is 79.9. The van der Waals surface area contributed by atoms with E-state index in [9.17, 15) is 8.42 Å². The zero-order valence-electron chi connectivity index (χ0n) is 11.5. The monoisotopic (exact) mass is 368 g/mol. The van der Waals surface area contributed by atoms with E-state index < -0.39 is 10.0 Å². The van der Waals surface area contributed by atoms with Crippen molar-refractivity contribution in [2.24, 2.45) is 11.7 Å². The van der Waals surface area contributed by atoms with Gasteiger partial charge in [-0.3, -0.25) is 0 Å². The number of hydrogen-bond acceptors (Lipinski definition) is 4. The van der Waals surface area contributed by atoms with Crippen molar-refractivity contribution >= 4 is 37.3 Å². The Hall–Kier alpha value is 0.0500. The molecule has 1 rings (SSSR count). The molecule has 1 heterocycles. The second-order valence-electron chi connectivity index (χ2n) is 4.52. The number of sulfonamides is 1. The van der Waals surface area contributed by atoms with Crippen LogP contribution in [0.25, 0.3) is 0 Å². The Bertz CT molecular complexity index is 514. The van der Waals surface area contributed by atoms with E-state index in [1.54, 1.807) is 6.07 Å². The van der Waals surface area contributed by atoms with Gasteiger partial charge in [0.05, 0.1) is 3.79 Å². The lowest BCUT2D eigenvalue weighted by molar-refractivity contribution is 0.361. The number of rotatable bonds is 7. The van der Waals surface area contributed by atoms with Crippen molar-refractivity contribution in [3.05, 3.63) is 14.7 Å².